The van der Waals surface area contributed by atoms with E-state index in [4.69, 9.17) is 10.2 Å². The lowest BCUT2D eigenvalue weighted by Gasteiger charge is -2.39. The van der Waals surface area contributed by atoms with E-state index in [-0.39, 0.29) is 30.4 Å². The molecular weight excluding hydrogens is 258 g/mol. The van der Waals surface area contributed by atoms with Gasteiger partial charge in [0, 0.05) is 25.1 Å². The van der Waals surface area contributed by atoms with E-state index in [1.165, 1.54) is 0 Å². The Bertz CT molecular complexity index is 348. The third-order valence-corrected chi connectivity index (χ3v) is 4.80. The highest BCUT2D eigenvalue weighted by atomic mass is 16.4. The van der Waals surface area contributed by atoms with Gasteiger partial charge < -0.3 is 15.1 Å². The van der Waals surface area contributed by atoms with Gasteiger partial charge in [0.15, 0.2) is 0 Å². The van der Waals surface area contributed by atoms with Crippen LogP contribution < -0.4 is 0 Å². The van der Waals surface area contributed by atoms with E-state index in [9.17, 15) is 9.59 Å². The number of carboxylic acids is 1. The van der Waals surface area contributed by atoms with Crippen LogP contribution in [-0.2, 0) is 9.59 Å². The Labute approximate surface area is 120 Å². The molecule has 1 amide bonds. The molecule has 2 rings (SSSR count). The van der Waals surface area contributed by atoms with Crippen molar-refractivity contribution in [3.63, 3.8) is 0 Å². The summed E-state index contributed by atoms with van der Waals surface area (Å²) in [4.78, 5) is 25.5. The first-order valence-electron chi connectivity index (χ1n) is 7.77. The quantitative estimate of drug-likeness (QED) is 0.822. The summed E-state index contributed by atoms with van der Waals surface area (Å²) < 4.78 is 0. The maximum Gasteiger partial charge on any atom is 0.306 e. The van der Waals surface area contributed by atoms with Crippen LogP contribution in [0.3, 0.4) is 0 Å². The van der Waals surface area contributed by atoms with E-state index in [1.54, 1.807) is 0 Å². The number of carbonyl (C=O) groups excluding carboxylic acids is 1. The molecule has 114 valence electrons. The van der Waals surface area contributed by atoms with Crippen molar-refractivity contribution in [2.75, 3.05) is 13.2 Å². The minimum atomic E-state index is -0.730. The second kappa shape index (κ2) is 7.07. The smallest absolute Gasteiger partial charge is 0.306 e. The zero-order valence-corrected chi connectivity index (χ0v) is 12.0. The van der Waals surface area contributed by atoms with Crippen molar-refractivity contribution in [1.29, 1.82) is 0 Å². The third kappa shape index (κ3) is 3.51. The number of carboxylic acid groups (broad SMARTS) is 1. The molecular formula is C15H25NO4. The van der Waals surface area contributed by atoms with Crippen LogP contribution in [0.2, 0.25) is 0 Å². The van der Waals surface area contributed by atoms with Crippen LogP contribution in [0, 0.1) is 11.8 Å². The summed E-state index contributed by atoms with van der Waals surface area (Å²) in [7, 11) is 0. The number of rotatable bonds is 4. The molecule has 0 aromatic rings. The highest BCUT2D eigenvalue weighted by Gasteiger charge is 2.35. The van der Waals surface area contributed by atoms with Gasteiger partial charge in [-0.25, -0.2) is 0 Å². The minimum absolute atomic E-state index is 0.00936. The average molecular weight is 283 g/mol. The lowest BCUT2D eigenvalue weighted by Crippen LogP contribution is -2.47. The number of nitrogens with zero attached hydrogens (tertiary/aromatic N) is 1. The molecule has 2 aliphatic rings. The lowest BCUT2D eigenvalue weighted by molar-refractivity contribution is -0.147. The Morgan fingerprint density at radius 2 is 1.65 bits per heavy atom. The molecule has 1 heterocycles. The van der Waals surface area contributed by atoms with E-state index >= 15 is 0 Å². The molecule has 5 heteroatoms. The summed E-state index contributed by atoms with van der Waals surface area (Å²) in [5, 5.41) is 18.1. The number of carbonyl (C=O) groups is 2. The molecule has 5 nitrogen and oxygen atoms in total. The molecule has 1 saturated heterocycles. The van der Waals surface area contributed by atoms with Gasteiger partial charge in [-0.3, -0.25) is 9.59 Å². The number of amides is 1. The highest BCUT2D eigenvalue weighted by molar-refractivity contribution is 5.80. The van der Waals surface area contributed by atoms with E-state index in [0.29, 0.717) is 32.1 Å². The normalized spacial score (nSPS) is 31.1. The molecule has 1 saturated carbocycles. The monoisotopic (exact) mass is 283 g/mol. The summed E-state index contributed by atoms with van der Waals surface area (Å²) >= 11 is 0. The fraction of sp³-hybridized carbons (Fsp3) is 0.867. The molecule has 1 atom stereocenters. The fourth-order valence-electron chi connectivity index (χ4n) is 3.56. The molecule has 2 N–H and O–H groups in total. The van der Waals surface area contributed by atoms with Crippen LogP contribution >= 0.6 is 0 Å². The molecule has 0 aromatic heterocycles. The largest absolute Gasteiger partial charge is 0.481 e. The maximum atomic E-state index is 12.6. The minimum Gasteiger partial charge on any atom is -0.481 e. The van der Waals surface area contributed by atoms with Gasteiger partial charge in [-0.2, -0.15) is 0 Å². The van der Waals surface area contributed by atoms with Crippen LogP contribution in [0.15, 0.2) is 0 Å². The number of aliphatic carboxylic acids is 1. The zero-order valence-electron chi connectivity index (χ0n) is 12.0. The van der Waals surface area contributed by atoms with Crippen LogP contribution in [0.1, 0.15) is 51.4 Å². The van der Waals surface area contributed by atoms with Gasteiger partial charge in [-0.15, -0.1) is 0 Å². The van der Waals surface area contributed by atoms with E-state index in [0.717, 1.165) is 25.8 Å². The number of hydrogen-bond acceptors (Lipinski definition) is 3. The third-order valence-electron chi connectivity index (χ3n) is 4.80. The van der Waals surface area contributed by atoms with Crippen molar-refractivity contribution in [3.8, 4) is 0 Å². The van der Waals surface area contributed by atoms with Crippen LogP contribution in [0.4, 0.5) is 0 Å². The summed E-state index contributed by atoms with van der Waals surface area (Å²) in [5.41, 5.74) is 0. The molecule has 1 aliphatic heterocycles. The van der Waals surface area contributed by atoms with Gasteiger partial charge in [0.2, 0.25) is 5.91 Å². The van der Waals surface area contributed by atoms with Crippen molar-refractivity contribution in [3.05, 3.63) is 0 Å². The second-order valence-corrected chi connectivity index (χ2v) is 6.08. The topological polar surface area (TPSA) is 77.8 Å². The second-order valence-electron chi connectivity index (χ2n) is 6.08. The van der Waals surface area contributed by atoms with Crippen LogP contribution in [0.5, 0.6) is 0 Å². The number of likely N-dealkylation sites (tertiary alicyclic amines) is 1. The van der Waals surface area contributed by atoms with Gasteiger partial charge in [0.25, 0.3) is 0 Å². The Balaban J connectivity index is 1.91. The Hall–Kier alpha value is -1.10. The van der Waals surface area contributed by atoms with Gasteiger partial charge in [0.1, 0.15) is 0 Å². The summed E-state index contributed by atoms with van der Waals surface area (Å²) in [5.74, 6) is -0.822. The van der Waals surface area contributed by atoms with E-state index < -0.39 is 5.97 Å². The first-order valence-corrected chi connectivity index (χ1v) is 7.77. The fourth-order valence-corrected chi connectivity index (χ4v) is 3.56. The van der Waals surface area contributed by atoms with Crippen molar-refractivity contribution >= 4 is 11.9 Å². The summed E-state index contributed by atoms with van der Waals surface area (Å²) in [6, 6.07) is 0.179. The predicted octanol–water partition coefficient (Wildman–Crippen LogP) is 1.64. The SMILES string of the molecule is O=C(O)C1CCC(C(=O)N2CCCCC2CCO)CC1. The summed E-state index contributed by atoms with van der Waals surface area (Å²) in [6.07, 6.45) is 6.43. The standard InChI is InChI=1S/C15H25NO4/c17-10-8-13-3-1-2-9-16(13)14(18)11-4-6-12(7-5-11)15(19)20/h11-13,17H,1-10H2,(H,19,20). The predicted molar refractivity (Wildman–Crippen MR) is 74.1 cm³/mol. The van der Waals surface area contributed by atoms with Crippen LogP contribution in [-0.4, -0.2) is 46.2 Å². The molecule has 0 spiro atoms. The van der Waals surface area contributed by atoms with Gasteiger partial charge >= 0.3 is 5.97 Å². The van der Waals surface area contributed by atoms with Gasteiger partial charge in [0.05, 0.1) is 5.92 Å². The summed E-state index contributed by atoms with van der Waals surface area (Å²) in [6.45, 7) is 0.919. The molecule has 1 unspecified atom stereocenters. The molecule has 0 bridgehead atoms. The van der Waals surface area contributed by atoms with Crippen molar-refractivity contribution in [2.24, 2.45) is 11.8 Å². The van der Waals surface area contributed by atoms with Crippen molar-refractivity contribution in [2.45, 2.75) is 57.4 Å². The Kier molecular flexibility index (Phi) is 5.40. The zero-order chi connectivity index (χ0) is 14.5. The Morgan fingerprint density at radius 1 is 1.00 bits per heavy atom. The Morgan fingerprint density at radius 3 is 2.25 bits per heavy atom. The maximum absolute atomic E-state index is 12.6. The molecule has 20 heavy (non-hydrogen) atoms. The van der Waals surface area contributed by atoms with Gasteiger partial charge in [-0.05, 0) is 51.4 Å². The first kappa shape index (κ1) is 15.3. The number of aliphatic hydroxyl groups is 1. The van der Waals surface area contributed by atoms with Crippen molar-refractivity contribution in [1.82, 2.24) is 4.90 Å². The lowest BCUT2D eigenvalue weighted by atomic mass is 9.81. The molecule has 2 fully saturated rings. The average Bonchev–Trinajstić information content (AvgIpc) is 2.47. The first-order chi connectivity index (χ1) is 9.63. The molecule has 1 aliphatic carbocycles. The number of hydrogen-bond donors (Lipinski definition) is 2. The number of aliphatic hydroxyl groups excluding tert-OH is 1. The van der Waals surface area contributed by atoms with E-state index in [1.807, 2.05) is 4.90 Å². The number of piperidine rings is 1. The van der Waals surface area contributed by atoms with E-state index in [2.05, 4.69) is 0 Å². The molecule has 0 aromatic carbocycles. The molecule has 0 radical (unpaired) electrons. The van der Waals surface area contributed by atoms with Gasteiger partial charge in [-0.1, -0.05) is 0 Å². The highest BCUT2D eigenvalue weighted by Crippen LogP contribution is 2.32. The van der Waals surface area contributed by atoms with Crippen molar-refractivity contribution < 1.29 is 19.8 Å². The van der Waals surface area contributed by atoms with Crippen LogP contribution in [0.25, 0.3) is 0 Å².